The van der Waals surface area contributed by atoms with Gasteiger partial charge >= 0.3 is 0 Å². The topological polar surface area (TPSA) is 93.9 Å². The number of nitrogens with zero attached hydrogens (tertiary/aromatic N) is 3. The molecule has 0 aliphatic heterocycles. The van der Waals surface area contributed by atoms with Crippen molar-refractivity contribution in [3.05, 3.63) is 5.82 Å². The summed E-state index contributed by atoms with van der Waals surface area (Å²) < 4.78 is 27.1. The molecule has 0 saturated heterocycles. The summed E-state index contributed by atoms with van der Waals surface area (Å²) in [7, 11) is -2.12. The standard InChI is InChI=1S/C20H30N4O3S/c1-12(20-8-13-5-14(9-20)7-15(6-13)10-20)21-17(25)11-28(26,27)19-23-22-18(24(19)2)16-3-4-16/h12-16H,3-11H2,1-2H3,(H,21,25)/t12-,13?,14?,15?,20?/m1/s1. The van der Waals surface area contributed by atoms with Crippen molar-refractivity contribution in [2.75, 3.05) is 5.75 Å². The maximum atomic E-state index is 12.8. The van der Waals surface area contributed by atoms with E-state index in [1.165, 1.54) is 38.5 Å². The third kappa shape index (κ3) is 3.08. The number of hydrogen-bond acceptors (Lipinski definition) is 5. The lowest BCUT2D eigenvalue weighted by Gasteiger charge is -2.59. The van der Waals surface area contributed by atoms with Gasteiger partial charge in [0, 0.05) is 19.0 Å². The molecule has 28 heavy (non-hydrogen) atoms. The van der Waals surface area contributed by atoms with Crippen molar-refractivity contribution in [1.29, 1.82) is 0 Å². The third-order valence-corrected chi connectivity index (χ3v) is 9.35. The highest BCUT2D eigenvalue weighted by molar-refractivity contribution is 7.91. The molecular weight excluding hydrogens is 376 g/mol. The van der Waals surface area contributed by atoms with Crippen LogP contribution in [0.5, 0.6) is 0 Å². The molecule has 8 heteroatoms. The van der Waals surface area contributed by atoms with Gasteiger partial charge in [0.25, 0.3) is 0 Å². The van der Waals surface area contributed by atoms with Crippen LogP contribution in [0.1, 0.15) is 70.0 Å². The number of sulfone groups is 1. The molecule has 5 aliphatic rings. The van der Waals surface area contributed by atoms with Gasteiger partial charge < -0.3 is 9.88 Å². The minimum atomic E-state index is -3.80. The smallest absolute Gasteiger partial charge is 0.250 e. The Balaban J connectivity index is 1.27. The van der Waals surface area contributed by atoms with Crippen LogP contribution in [0, 0.1) is 23.2 Å². The molecule has 0 aromatic carbocycles. The molecule has 7 nitrogen and oxygen atoms in total. The molecule has 1 atom stereocenters. The summed E-state index contributed by atoms with van der Waals surface area (Å²) in [5.41, 5.74) is 0.165. The average molecular weight is 407 g/mol. The van der Waals surface area contributed by atoms with E-state index < -0.39 is 21.5 Å². The van der Waals surface area contributed by atoms with E-state index in [-0.39, 0.29) is 16.6 Å². The first-order valence-corrected chi connectivity index (χ1v) is 12.3. The number of carbonyl (C=O) groups excluding carboxylic acids is 1. The quantitative estimate of drug-likeness (QED) is 0.781. The number of hydrogen-bond donors (Lipinski definition) is 1. The predicted molar refractivity (Wildman–Crippen MR) is 103 cm³/mol. The molecule has 1 amide bonds. The molecule has 0 radical (unpaired) electrons. The normalized spacial score (nSPS) is 35.1. The van der Waals surface area contributed by atoms with Gasteiger partial charge in [-0.3, -0.25) is 4.79 Å². The van der Waals surface area contributed by atoms with Crippen LogP contribution in [0.25, 0.3) is 0 Å². The van der Waals surface area contributed by atoms with E-state index in [1.807, 2.05) is 0 Å². The van der Waals surface area contributed by atoms with Crippen molar-refractivity contribution in [3.8, 4) is 0 Å². The number of amides is 1. The first-order valence-electron chi connectivity index (χ1n) is 10.7. The first kappa shape index (κ1) is 18.6. The van der Waals surface area contributed by atoms with Crippen LogP contribution in [0.4, 0.5) is 0 Å². The minimum absolute atomic E-state index is 0.0186. The van der Waals surface area contributed by atoms with Gasteiger partial charge in [-0.2, -0.15) is 0 Å². The molecule has 5 aliphatic carbocycles. The number of carbonyl (C=O) groups is 1. The summed E-state index contributed by atoms with van der Waals surface area (Å²) in [4.78, 5) is 12.7. The average Bonchev–Trinajstić information content (AvgIpc) is 3.34. The van der Waals surface area contributed by atoms with Gasteiger partial charge in [-0.25, -0.2) is 8.42 Å². The Labute approximate surface area is 166 Å². The van der Waals surface area contributed by atoms with E-state index in [4.69, 9.17) is 0 Å². The van der Waals surface area contributed by atoms with E-state index in [2.05, 4.69) is 22.4 Å². The molecule has 4 bridgehead atoms. The van der Waals surface area contributed by atoms with E-state index in [0.717, 1.165) is 30.6 Å². The highest BCUT2D eigenvalue weighted by Gasteiger charge is 2.53. The molecule has 5 saturated carbocycles. The number of aromatic nitrogens is 3. The monoisotopic (exact) mass is 406 g/mol. The Morgan fingerprint density at radius 2 is 1.71 bits per heavy atom. The Kier molecular flexibility index (Phi) is 4.17. The maximum Gasteiger partial charge on any atom is 0.250 e. The molecule has 1 aromatic rings. The Hall–Kier alpha value is -1.44. The lowest BCUT2D eigenvalue weighted by molar-refractivity contribution is -0.123. The highest BCUT2D eigenvalue weighted by atomic mass is 32.2. The molecule has 5 fully saturated rings. The van der Waals surface area contributed by atoms with Gasteiger partial charge in [0.05, 0.1) is 0 Å². The van der Waals surface area contributed by atoms with Crippen LogP contribution in [0.15, 0.2) is 5.16 Å². The second kappa shape index (κ2) is 6.28. The molecule has 1 N–H and O–H groups in total. The number of rotatable bonds is 6. The Morgan fingerprint density at radius 3 is 2.25 bits per heavy atom. The molecule has 1 aromatic heterocycles. The van der Waals surface area contributed by atoms with Crippen molar-refractivity contribution >= 4 is 15.7 Å². The first-order chi connectivity index (χ1) is 13.3. The highest BCUT2D eigenvalue weighted by Crippen LogP contribution is 2.61. The Bertz CT molecular complexity index is 867. The number of nitrogens with one attached hydrogen (secondary N) is 1. The van der Waals surface area contributed by atoms with Gasteiger partial charge in [0.1, 0.15) is 11.6 Å². The predicted octanol–water partition coefficient (Wildman–Crippen LogP) is 2.19. The van der Waals surface area contributed by atoms with Gasteiger partial charge in [-0.1, -0.05) is 0 Å². The molecule has 6 rings (SSSR count). The minimum Gasteiger partial charge on any atom is -0.352 e. The third-order valence-electron chi connectivity index (χ3n) is 7.79. The summed E-state index contributed by atoms with van der Waals surface area (Å²) in [6, 6.07) is 0.0186. The van der Waals surface area contributed by atoms with E-state index >= 15 is 0 Å². The summed E-state index contributed by atoms with van der Waals surface area (Å²) in [5, 5.41) is 10.9. The van der Waals surface area contributed by atoms with Gasteiger partial charge in [0.15, 0.2) is 0 Å². The fraction of sp³-hybridized carbons (Fsp3) is 0.850. The van der Waals surface area contributed by atoms with Crippen LogP contribution < -0.4 is 5.32 Å². The fourth-order valence-corrected chi connectivity index (χ4v) is 7.91. The van der Waals surface area contributed by atoms with Crippen molar-refractivity contribution < 1.29 is 13.2 Å². The zero-order valence-corrected chi connectivity index (χ0v) is 17.5. The second-order valence-corrected chi connectivity index (χ2v) is 11.9. The van der Waals surface area contributed by atoms with Crippen molar-refractivity contribution in [3.63, 3.8) is 0 Å². The molecule has 0 unspecified atom stereocenters. The van der Waals surface area contributed by atoms with Crippen molar-refractivity contribution in [2.24, 2.45) is 30.2 Å². The van der Waals surface area contributed by atoms with Crippen molar-refractivity contribution in [1.82, 2.24) is 20.1 Å². The van der Waals surface area contributed by atoms with Gasteiger partial charge in [0.2, 0.25) is 20.9 Å². The van der Waals surface area contributed by atoms with Crippen LogP contribution >= 0.6 is 0 Å². The molecular formula is C20H30N4O3S. The van der Waals surface area contributed by atoms with Crippen LogP contribution in [0.3, 0.4) is 0 Å². The van der Waals surface area contributed by atoms with Crippen LogP contribution in [0.2, 0.25) is 0 Å². The van der Waals surface area contributed by atoms with E-state index in [0.29, 0.717) is 11.7 Å². The second-order valence-electron chi connectivity index (χ2n) is 10.0. The molecule has 154 valence electrons. The van der Waals surface area contributed by atoms with Crippen LogP contribution in [-0.4, -0.2) is 40.9 Å². The lowest BCUT2D eigenvalue weighted by atomic mass is 9.48. The zero-order chi connectivity index (χ0) is 19.7. The summed E-state index contributed by atoms with van der Waals surface area (Å²) in [5.74, 6) is 2.45. The molecule has 0 spiro atoms. The summed E-state index contributed by atoms with van der Waals surface area (Å²) in [6.07, 6.45) is 9.64. The van der Waals surface area contributed by atoms with Crippen molar-refractivity contribution in [2.45, 2.75) is 75.4 Å². The maximum absolute atomic E-state index is 12.8. The molecule has 1 heterocycles. The van der Waals surface area contributed by atoms with Gasteiger partial charge in [-0.15, -0.1) is 10.2 Å². The zero-order valence-electron chi connectivity index (χ0n) is 16.7. The SMILES string of the molecule is C[C@@H](NC(=O)CS(=O)(=O)c1nnc(C2CC2)n1C)C12CC3CC(CC(C3)C1)C2. The van der Waals surface area contributed by atoms with E-state index in [1.54, 1.807) is 11.6 Å². The van der Waals surface area contributed by atoms with Crippen LogP contribution in [-0.2, 0) is 21.7 Å². The lowest BCUT2D eigenvalue weighted by Crippen LogP contribution is -2.56. The summed E-state index contributed by atoms with van der Waals surface area (Å²) in [6.45, 7) is 2.07. The summed E-state index contributed by atoms with van der Waals surface area (Å²) >= 11 is 0. The van der Waals surface area contributed by atoms with Gasteiger partial charge in [-0.05, 0) is 81.5 Å². The largest absolute Gasteiger partial charge is 0.352 e. The fourth-order valence-electron chi connectivity index (χ4n) is 6.68. The van der Waals surface area contributed by atoms with E-state index in [9.17, 15) is 13.2 Å². The Morgan fingerprint density at radius 1 is 1.14 bits per heavy atom.